The number of nitriles is 1. The van der Waals surface area contributed by atoms with E-state index in [4.69, 9.17) is 5.26 Å². The molecule has 14 heavy (non-hydrogen) atoms. The van der Waals surface area contributed by atoms with Crippen LogP contribution in [0.5, 0.6) is 0 Å². The summed E-state index contributed by atoms with van der Waals surface area (Å²) in [6, 6.07) is 2.26. The summed E-state index contributed by atoms with van der Waals surface area (Å²) in [6.45, 7) is 1.16. The number of nitrogens with zero attached hydrogens (tertiary/aromatic N) is 1. The molecule has 3 nitrogen and oxygen atoms in total. The number of hydrogen-bond donors (Lipinski definition) is 2. The van der Waals surface area contributed by atoms with Crippen LogP contribution in [0.3, 0.4) is 0 Å². The molecule has 0 unspecified atom stereocenters. The number of rotatable bonds is 5. The van der Waals surface area contributed by atoms with E-state index in [1.807, 2.05) is 0 Å². The van der Waals surface area contributed by atoms with Crippen molar-refractivity contribution < 1.29 is 5.11 Å². The van der Waals surface area contributed by atoms with Gasteiger partial charge in [0.2, 0.25) is 0 Å². The molecule has 0 aromatic rings. The molecular formula is C11H18N2O. The molecule has 0 aliphatic heterocycles. The second-order valence-corrected chi connectivity index (χ2v) is 4.98. The SMILES string of the molecule is N#CCC1(CNC2(CO)CCC2)CC1. The van der Waals surface area contributed by atoms with Gasteiger partial charge in [-0.2, -0.15) is 5.26 Å². The van der Waals surface area contributed by atoms with Crippen LogP contribution in [0.1, 0.15) is 38.5 Å². The minimum absolute atomic E-state index is 0.00501. The van der Waals surface area contributed by atoms with E-state index in [1.54, 1.807) is 0 Å². The monoisotopic (exact) mass is 194 g/mol. The fourth-order valence-corrected chi connectivity index (χ4v) is 2.13. The van der Waals surface area contributed by atoms with Crippen LogP contribution in [0.25, 0.3) is 0 Å². The van der Waals surface area contributed by atoms with E-state index in [2.05, 4.69) is 11.4 Å². The van der Waals surface area contributed by atoms with Crippen molar-refractivity contribution in [3.05, 3.63) is 0 Å². The minimum atomic E-state index is 0.00501. The number of hydrogen-bond acceptors (Lipinski definition) is 3. The first-order chi connectivity index (χ1) is 6.74. The summed E-state index contributed by atoms with van der Waals surface area (Å²) >= 11 is 0. The first kappa shape index (κ1) is 9.95. The van der Waals surface area contributed by atoms with Crippen molar-refractivity contribution in [2.75, 3.05) is 13.2 Å². The molecule has 2 rings (SSSR count). The summed E-state index contributed by atoms with van der Waals surface area (Å²) in [6.07, 6.45) is 6.42. The van der Waals surface area contributed by atoms with E-state index in [9.17, 15) is 5.11 Å². The smallest absolute Gasteiger partial charge is 0.0628 e. The van der Waals surface area contributed by atoms with E-state index >= 15 is 0 Å². The summed E-state index contributed by atoms with van der Waals surface area (Å²) < 4.78 is 0. The van der Waals surface area contributed by atoms with E-state index < -0.39 is 0 Å². The molecule has 0 aromatic carbocycles. The van der Waals surface area contributed by atoms with E-state index in [1.165, 1.54) is 19.3 Å². The third-order valence-electron chi connectivity index (χ3n) is 3.86. The van der Waals surface area contributed by atoms with Gasteiger partial charge in [0.1, 0.15) is 0 Å². The molecule has 0 spiro atoms. The van der Waals surface area contributed by atoms with Gasteiger partial charge in [-0.25, -0.2) is 0 Å². The summed E-state index contributed by atoms with van der Waals surface area (Å²) in [4.78, 5) is 0. The third kappa shape index (κ3) is 1.77. The van der Waals surface area contributed by atoms with Crippen molar-refractivity contribution in [1.29, 1.82) is 5.26 Å². The standard InChI is InChI=1S/C11H18N2O/c12-7-6-10(4-5-10)8-13-11(9-14)2-1-3-11/h13-14H,1-6,8-9H2. The number of aliphatic hydroxyl groups excluding tert-OH is 1. The van der Waals surface area contributed by atoms with Crippen LogP contribution in [0.2, 0.25) is 0 Å². The summed E-state index contributed by atoms with van der Waals surface area (Å²) in [5, 5.41) is 21.4. The van der Waals surface area contributed by atoms with Gasteiger partial charge >= 0.3 is 0 Å². The van der Waals surface area contributed by atoms with Crippen LogP contribution in [0.4, 0.5) is 0 Å². The molecule has 0 saturated heterocycles. The molecule has 0 atom stereocenters. The zero-order valence-electron chi connectivity index (χ0n) is 8.55. The van der Waals surface area contributed by atoms with Gasteiger partial charge in [-0.1, -0.05) is 0 Å². The van der Waals surface area contributed by atoms with Crippen LogP contribution < -0.4 is 5.32 Å². The Bertz CT molecular complexity index is 243. The van der Waals surface area contributed by atoms with Gasteiger partial charge in [0, 0.05) is 18.5 Å². The maximum absolute atomic E-state index is 9.26. The summed E-state index contributed by atoms with van der Waals surface area (Å²) in [5.74, 6) is 0. The first-order valence-electron chi connectivity index (χ1n) is 5.47. The van der Waals surface area contributed by atoms with Crippen LogP contribution in [0, 0.1) is 16.7 Å². The topological polar surface area (TPSA) is 56.0 Å². The molecule has 0 heterocycles. The third-order valence-corrected chi connectivity index (χ3v) is 3.86. The second-order valence-electron chi connectivity index (χ2n) is 4.98. The van der Waals surface area contributed by atoms with Crippen molar-refractivity contribution in [3.63, 3.8) is 0 Å². The Hall–Kier alpha value is -0.590. The van der Waals surface area contributed by atoms with Gasteiger partial charge in [-0.15, -0.1) is 0 Å². The van der Waals surface area contributed by atoms with E-state index in [-0.39, 0.29) is 17.6 Å². The van der Waals surface area contributed by atoms with E-state index in [0.29, 0.717) is 6.42 Å². The molecule has 2 fully saturated rings. The quantitative estimate of drug-likeness (QED) is 0.691. The predicted octanol–water partition coefficient (Wildman–Crippen LogP) is 1.18. The molecule has 2 saturated carbocycles. The van der Waals surface area contributed by atoms with Crippen molar-refractivity contribution in [2.45, 2.75) is 44.1 Å². The fourth-order valence-electron chi connectivity index (χ4n) is 2.13. The highest BCUT2D eigenvalue weighted by Gasteiger charge is 2.45. The van der Waals surface area contributed by atoms with Crippen LogP contribution >= 0.6 is 0 Å². The number of aliphatic hydroxyl groups is 1. The van der Waals surface area contributed by atoms with Crippen molar-refractivity contribution in [2.24, 2.45) is 5.41 Å². The van der Waals surface area contributed by atoms with Gasteiger partial charge in [0.15, 0.2) is 0 Å². The zero-order valence-corrected chi connectivity index (χ0v) is 8.55. The highest BCUT2D eigenvalue weighted by atomic mass is 16.3. The Labute approximate surface area is 85.1 Å². The molecule has 2 aliphatic rings. The lowest BCUT2D eigenvalue weighted by atomic mass is 9.77. The van der Waals surface area contributed by atoms with Crippen LogP contribution in [-0.4, -0.2) is 23.8 Å². The van der Waals surface area contributed by atoms with Gasteiger partial charge in [-0.3, -0.25) is 0 Å². The zero-order chi connectivity index (χ0) is 10.1. The molecule has 2 aliphatic carbocycles. The second kappa shape index (κ2) is 3.52. The molecule has 3 heteroatoms. The Balaban J connectivity index is 1.79. The Morgan fingerprint density at radius 1 is 1.29 bits per heavy atom. The lowest BCUT2D eigenvalue weighted by Gasteiger charge is -2.42. The Morgan fingerprint density at radius 3 is 2.36 bits per heavy atom. The van der Waals surface area contributed by atoms with Crippen molar-refractivity contribution in [3.8, 4) is 6.07 Å². The fraction of sp³-hybridized carbons (Fsp3) is 0.909. The summed E-state index contributed by atoms with van der Waals surface area (Å²) in [7, 11) is 0. The normalized spacial score (nSPS) is 26.3. The maximum atomic E-state index is 9.26. The number of nitrogens with one attached hydrogen (secondary N) is 1. The molecule has 2 N–H and O–H groups in total. The van der Waals surface area contributed by atoms with Crippen LogP contribution in [-0.2, 0) is 0 Å². The van der Waals surface area contributed by atoms with Gasteiger partial charge < -0.3 is 10.4 Å². The van der Waals surface area contributed by atoms with Crippen molar-refractivity contribution >= 4 is 0 Å². The maximum Gasteiger partial charge on any atom is 0.0628 e. The highest BCUT2D eigenvalue weighted by molar-refractivity contribution is 5.04. The van der Waals surface area contributed by atoms with E-state index in [0.717, 1.165) is 19.4 Å². The largest absolute Gasteiger partial charge is 0.394 e. The Morgan fingerprint density at radius 2 is 2.00 bits per heavy atom. The summed E-state index contributed by atoms with van der Waals surface area (Å²) in [5.41, 5.74) is 0.261. The van der Waals surface area contributed by atoms with Crippen molar-refractivity contribution in [1.82, 2.24) is 5.32 Å². The highest BCUT2D eigenvalue weighted by Crippen LogP contribution is 2.48. The molecule has 78 valence electrons. The lowest BCUT2D eigenvalue weighted by Crippen LogP contribution is -2.55. The molecule has 0 bridgehead atoms. The van der Waals surface area contributed by atoms with Crippen LogP contribution in [0.15, 0.2) is 0 Å². The lowest BCUT2D eigenvalue weighted by molar-refractivity contribution is 0.0831. The Kier molecular flexibility index (Phi) is 2.50. The van der Waals surface area contributed by atoms with Gasteiger partial charge in [-0.05, 0) is 37.5 Å². The molecule has 0 amide bonds. The first-order valence-corrected chi connectivity index (χ1v) is 5.47. The average molecular weight is 194 g/mol. The van der Waals surface area contributed by atoms with Gasteiger partial charge in [0.25, 0.3) is 0 Å². The van der Waals surface area contributed by atoms with Gasteiger partial charge in [0.05, 0.1) is 12.7 Å². The molecule has 0 radical (unpaired) electrons. The molecular weight excluding hydrogens is 176 g/mol. The molecule has 0 aromatic heterocycles. The average Bonchev–Trinajstić information content (AvgIpc) is 2.85. The minimum Gasteiger partial charge on any atom is -0.394 e. The predicted molar refractivity (Wildman–Crippen MR) is 53.6 cm³/mol.